The molecule has 0 atom stereocenters. The number of halogens is 3. The second-order valence-corrected chi connectivity index (χ2v) is 9.79. The third kappa shape index (κ3) is 5.01. The number of Topliss-reactive ketones (excluding diaryl/α,β-unsaturated/α-hetero) is 1. The molecule has 2 aliphatic heterocycles. The highest BCUT2D eigenvalue weighted by Gasteiger charge is 2.38. The SMILES string of the molecule is O=C(c1ccc(-c2cccc(C(F)(F)F)c2)cc1)C1CCN(C2CN(C(=O)c3cscn3)C2)CC1. The van der Waals surface area contributed by atoms with Crippen molar-refractivity contribution in [1.82, 2.24) is 14.8 Å². The first kappa shape index (κ1) is 23.7. The summed E-state index contributed by atoms with van der Waals surface area (Å²) in [6.07, 6.45) is -2.88. The van der Waals surface area contributed by atoms with Crippen molar-refractivity contribution in [3.05, 3.63) is 76.2 Å². The molecule has 35 heavy (non-hydrogen) atoms. The summed E-state index contributed by atoms with van der Waals surface area (Å²) in [7, 11) is 0. The average molecular weight is 500 g/mol. The van der Waals surface area contributed by atoms with E-state index in [9.17, 15) is 22.8 Å². The fraction of sp³-hybridized carbons (Fsp3) is 0.346. The van der Waals surface area contributed by atoms with Gasteiger partial charge in [-0.2, -0.15) is 13.2 Å². The predicted molar refractivity (Wildman–Crippen MR) is 127 cm³/mol. The standard InChI is InChI=1S/C26H24F3N3O2S/c27-26(28,29)21-3-1-2-20(12-21)17-4-6-18(7-5-17)24(33)19-8-10-31(11-9-19)22-13-32(14-22)25(34)23-15-35-16-30-23/h1-7,12,15-16,19,22H,8-11,13-14H2. The zero-order chi connectivity index (χ0) is 24.6. The van der Waals surface area contributed by atoms with E-state index in [1.165, 1.54) is 17.4 Å². The van der Waals surface area contributed by atoms with E-state index in [-0.39, 0.29) is 17.6 Å². The fourth-order valence-corrected chi connectivity index (χ4v) is 5.32. The number of carbonyl (C=O) groups is 2. The molecule has 1 amide bonds. The maximum absolute atomic E-state index is 13.0. The van der Waals surface area contributed by atoms with Crippen molar-refractivity contribution in [3.8, 4) is 11.1 Å². The van der Waals surface area contributed by atoms with Crippen LogP contribution in [0.3, 0.4) is 0 Å². The quantitative estimate of drug-likeness (QED) is 0.450. The van der Waals surface area contributed by atoms with Crippen LogP contribution in [0.5, 0.6) is 0 Å². The molecule has 3 aromatic rings. The van der Waals surface area contributed by atoms with Crippen LogP contribution in [-0.4, -0.2) is 58.7 Å². The molecule has 0 bridgehead atoms. The number of rotatable bonds is 5. The minimum atomic E-state index is -4.39. The molecular formula is C26H24F3N3O2S. The smallest absolute Gasteiger partial charge is 0.334 e. The van der Waals surface area contributed by atoms with Gasteiger partial charge in [-0.25, -0.2) is 4.98 Å². The van der Waals surface area contributed by atoms with Crippen molar-refractivity contribution in [2.24, 2.45) is 5.92 Å². The second-order valence-electron chi connectivity index (χ2n) is 9.07. The maximum Gasteiger partial charge on any atom is 0.416 e. The molecule has 2 aliphatic rings. The monoisotopic (exact) mass is 499 g/mol. The summed E-state index contributed by atoms with van der Waals surface area (Å²) in [5, 5.41) is 1.76. The summed E-state index contributed by atoms with van der Waals surface area (Å²) < 4.78 is 39.0. The number of hydrogen-bond acceptors (Lipinski definition) is 5. The van der Waals surface area contributed by atoms with E-state index in [1.54, 1.807) is 41.2 Å². The Hall–Kier alpha value is -3.04. The Morgan fingerprint density at radius 2 is 1.69 bits per heavy atom. The zero-order valence-electron chi connectivity index (χ0n) is 18.9. The van der Waals surface area contributed by atoms with E-state index in [0.717, 1.165) is 38.1 Å². The van der Waals surface area contributed by atoms with Crippen LogP contribution in [0.25, 0.3) is 11.1 Å². The molecule has 2 aromatic carbocycles. The van der Waals surface area contributed by atoms with E-state index in [1.807, 2.05) is 4.90 Å². The summed E-state index contributed by atoms with van der Waals surface area (Å²) in [5.74, 6) is -0.0196. The van der Waals surface area contributed by atoms with Gasteiger partial charge < -0.3 is 4.90 Å². The van der Waals surface area contributed by atoms with E-state index in [4.69, 9.17) is 0 Å². The Kier molecular flexibility index (Phi) is 6.46. The third-order valence-corrected chi connectivity index (χ3v) is 7.50. The van der Waals surface area contributed by atoms with Crippen LogP contribution in [0.15, 0.2) is 59.4 Å². The van der Waals surface area contributed by atoms with E-state index < -0.39 is 11.7 Å². The largest absolute Gasteiger partial charge is 0.416 e. The van der Waals surface area contributed by atoms with Crippen LogP contribution in [-0.2, 0) is 6.18 Å². The van der Waals surface area contributed by atoms with Crippen LogP contribution in [0.2, 0.25) is 0 Å². The van der Waals surface area contributed by atoms with Gasteiger partial charge in [0.25, 0.3) is 5.91 Å². The Labute approximate surface area is 205 Å². The molecule has 182 valence electrons. The number of ketones is 1. The van der Waals surface area contributed by atoms with Crippen molar-refractivity contribution in [3.63, 3.8) is 0 Å². The number of alkyl halides is 3. The van der Waals surface area contributed by atoms with Gasteiger partial charge in [-0.05, 0) is 49.2 Å². The van der Waals surface area contributed by atoms with Crippen LogP contribution in [0.4, 0.5) is 13.2 Å². The van der Waals surface area contributed by atoms with Crippen LogP contribution in [0, 0.1) is 5.92 Å². The van der Waals surface area contributed by atoms with E-state index >= 15 is 0 Å². The molecule has 3 heterocycles. The summed E-state index contributed by atoms with van der Waals surface area (Å²) in [4.78, 5) is 33.6. The molecule has 0 saturated carbocycles. The molecule has 0 radical (unpaired) electrons. The number of thiazole rings is 1. The van der Waals surface area contributed by atoms with Gasteiger partial charge in [0.15, 0.2) is 5.78 Å². The molecule has 9 heteroatoms. The molecule has 0 unspecified atom stereocenters. The third-order valence-electron chi connectivity index (χ3n) is 6.91. The summed E-state index contributed by atoms with van der Waals surface area (Å²) in [6.45, 7) is 2.99. The maximum atomic E-state index is 13.0. The van der Waals surface area contributed by atoms with Gasteiger partial charge in [0.2, 0.25) is 0 Å². The van der Waals surface area contributed by atoms with E-state index in [2.05, 4.69) is 9.88 Å². The highest BCUT2D eigenvalue weighted by molar-refractivity contribution is 7.07. The number of hydrogen-bond donors (Lipinski definition) is 0. The first-order chi connectivity index (χ1) is 16.8. The number of aromatic nitrogens is 1. The molecule has 5 rings (SSSR count). The van der Waals surface area contributed by atoms with Crippen LogP contribution >= 0.6 is 11.3 Å². The summed E-state index contributed by atoms with van der Waals surface area (Å²) in [5.41, 5.74) is 3.16. The first-order valence-electron chi connectivity index (χ1n) is 11.5. The van der Waals surface area contributed by atoms with Gasteiger partial charge >= 0.3 is 6.18 Å². The van der Waals surface area contributed by atoms with Crippen molar-refractivity contribution >= 4 is 23.0 Å². The van der Waals surface area contributed by atoms with Crippen molar-refractivity contribution in [2.75, 3.05) is 26.2 Å². The first-order valence-corrected chi connectivity index (χ1v) is 12.5. The summed E-state index contributed by atoms with van der Waals surface area (Å²) >= 11 is 1.41. The topological polar surface area (TPSA) is 53.5 Å². The fourth-order valence-electron chi connectivity index (χ4n) is 4.80. The minimum absolute atomic E-state index is 0.0267. The van der Waals surface area contributed by atoms with Gasteiger partial charge in [-0.1, -0.05) is 36.4 Å². The lowest BCUT2D eigenvalue weighted by Crippen LogP contribution is -2.62. The zero-order valence-corrected chi connectivity index (χ0v) is 19.7. The lowest BCUT2D eigenvalue weighted by molar-refractivity contribution is -0.137. The predicted octanol–water partition coefficient (Wildman–Crippen LogP) is 5.25. The highest BCUT2D eigenvalue weighted by atomic mass is 32.1. The highest BCUT2D eigenvalue weighted by Crippen LogP contribution is 2.33. The van der Waals surface area contributed by atoms with Crippen LogP contribution < -0.4 is 0 Å². The Morgan fingerprint density at radius 3 is 2.31 bits per heavy atom. The van der Waals surface area contributed by atoms with Gasteiger partial charge in [-0.3, -0.25) is 14.5 Å². The molecule has 0 spiro atoms. The van der Waals surface area contributed by atoms with Crippen LogP contribution in [0.1, 0.15) is 39.3 Å². The van der Waals surface area contributed by atoms with Gasteiger partial charge in [0.05, 0.1) is 11.1 Å². The normalized spacial score (nSPS) is 17.9. The average Bonchev–Trinajstić information content (AvgIpc) is 3.38. The molecule has 0 aliphatic carbocycles. The number of piperidine rings is 1. The number of likely N-dealkylation sites (tertiary alicyclic amines) is 2. The molecule has 5 nitrogen and oxygen atoms in total. The van der Waals surface area contributed by atoms with Gasteiger partial charge in [-0.15, -0.1) is 11.3 Å². The second kappa shape index (κ2) is 9.54. The number of nitrogens with zero attached hydrogens (tertiary/aromatic N) is 3. The number of amides is 1. The Balaban J connectivity index is 1.14. The number of carbonyl (C=O) groups excluding carboxylic acids is 2. The number of benzene rings is 2. The molecule has 2 fully saturated rings. The van der Waals surface area contributed by atoms with Crippen molar-refractivity contribution < 1.29 is 22.8 Å². The molecule has 0 N–H and O–H groups in total. The van der Waals surface area contributed by atoms with Gasteiger partial charge in [0, 0.05) is 36.0 Å². The Morgan fingerprint density at radius 1 is 0.971 bits per heavy atom. The van der Waals surface area contributed by atoms with Gasteiger partial charge in [0.1, 0.15) is 5.69 Å². The summed E-state index contributed by atoms with van der Waals surface area (Å²) in [6, 6.07) is 12.3. The molecular weight excluding hydrogens is 475 g/mol. The molecule has 2 saturated heterocycles. The van der Waals surface area contributed by atoms with Crippen molar-refractivity contribution in [1.29, 1.82) is 0 Å². The van der Waals surface area contributed by atoms with E-state index in [0.29, 0.717) is 41.5 Å². The lowest BCUT2D eigenvalue weighted by atomic mass is 9.87. The minimum Gasteiger partial charge on any atom is -0.334 e. The Bertz CT molecular complexity index is 1200. The molecule has 1 aromatic heterocycles. The van der Waals surface area contributed by atoms with Crippen molar-refractivity contribution in [2.45, 2.75) is 25.1 Å². The lowest BCUT2D eigenvalue weighted by Gasteiger charge is -2.47.